The zero-order valence-corrected chi connectivity index (χ0v) is 16.2. The summed E-state index contributed by atoms with van der Waals surface area (Å²) in [6.07, 6.45) is 11.3. The van der Waals surface area contributed by atoms with Crippen molar-refractivity contribution in [2.45, 2.75) is 110 Å². The Morgan fingerprint density at radius 2 is 1.60 bits per heavy atom. The second kappa shape index (κ2) is 12.0. The van der Waals surface area contributed by atoms with Crippen molar-refractivity contribution in [3.63, 3.8) is 0 Å². The molecule has 1 fully saturated rings. The molecule has 1 unspecified atom stereocenters. The van der Waals surface area contributed by atoms with Gasteiger partial charge < -0.3 is 4.74 Å². The SMILES string of the molecule is CCCCCCCCCCCC(=O)N1C(=O)CCC1C(=O)OC(C)C. The largest absolute Gasteiger partial charge is 0.461 e. The number of imide groups is 1. The molecule has 0 bridgehead atoms. The van der Waals surface area contributed by atoms with Crippen LogP contribution in [0.2, 0.25) is 0 Å². The first-order valence-electron chi connectivity index (χ1n) is 10.0. The molecule has 1 rings (SSSR count). The zero-order valence-electron chi connectivity index (χ0n) is 16.2. The van der Waals surface area contributed by atoms with Crippen molar-refractivity contribution in [3.05, 3.63) is 0 Å². The van der Waals surface area contributed by atoms with Crippen LogP contribution in [0, 0.1) is 0 Å². The summed E-state index contributed by atoms with van der Waals surface area (Å²) >= 11 is 0. The molecule has 0 aromatic carbocycles. The molecule has 1 aliphatic heterocycles. The van der Waals surface area contributed by atoms with Crippen LogP contribution in [0.1, 0.15) is 97.8 Å². The standard InChI is InChI=1S/C20H35NO4/c1-4-5-6-7-8-9-10-11-12-13-18(22)21-17(14-15-19(21)23)20(24)25-16(2)3/h16-17H,4-15H2,1-3H3. The average molecular weight is 354 g/mol. The number of hydrogen-bond donors (Lipinski definition) is 0. The summed E-state index contributed by atoms with van der Waals surface area (Å²) < 4.78 is 5.18. The lowest BCUT2D eigenvalue weighted by molar-refractivity contribution is -0.160. The lowest BCUT2D eigenvalue weighted by Crippen LogP contribution is -2.44. The molecule has 1 aliphatic rings. The van der Waals surface area contributed by atoms with Gasteiger partial charge in [-0.1, -0.05) is 58.3 Å². The number of nitrogens with zero attached hydrogens (tertiary/aromatic N) is 1. The van der Waals surface area contributed by atoms with Gasteiger partial charge in [0.1, 0.15) is 6.04 Å². The molecule has 144 valence electrons. The van der Waals surface area contributed by atoms with Crippen LogP contribution in [0.5, 0.6) is 0 Å². The molecule has 0 N–H and O–H groups in total. The smallest absolute Gasteiger partial charge is 0.329 e. The molecule has 1 heterocycles. The summed E-state index contributed by atoms with van der Waals surface area (Å²) in [5.41, 5.74) is 0. The number of likely N-dealkylation sites (tertiary alicyclic amines) is 1. The van der Waals surface area contributed by atoms with Crippen LogP contribution in [0.3, 0.4) is 0 Å². The minimum Gasteiger partial charge on any atom is -0.461 e. The van der Waals surface area contributed by atoms with Crippen LogP contribution in [-0.2, 0) is 19.1 Å². The highest BCUT2D eigenvalue weighted by Gasteiger charge is 2.40. The van der Waals surface area contributed by atoms with E-state index in [0.717, 1.165) is 24.2 Å². The molecule has 1 atom stereocenters. The monoisotopic (exact) mass is 353 g/mol. The van der Waals surface area contributed by atoms with Gasteiger partial charge in [0, 0.05) is 12.8 Å². The van der Waals surface area contributed by atoms with Crippen LogP contribution in [0.15, 0.2) is 0 Å². The first kappa shape index (κ1) is 21.7. The minimum atomic E-state index is -0.721. The van der Waals surface area contributed by atoms with E-state index in [-0.39, 0.29) is 24.3 Å². The minimum absolute atomic E-state index is 0.226. The van der Waals surface area contributed by atoms with E-state index in [1.54, 1.807) is 13.8 Å². The predicted octanol–water partition coefficient (Wildman–Crippen LogP) is 4.38. The fourth-order valence-corrected chi connectivity index (χ4v) is 3.24. The molecule has 0 aromatic heterocycles. The molecular weight excluding hydrogens is 318 g/mol. The van der Waals surface area contributed by atoms with E-state index in [4.69, 9.17) is 4.74 Å². The Kier molecular flexibility index (Phi) is 10.4. The Hall–Kier alpha value is -1.39. The van der Waals surface area contributed by atoms with E-state index in [1.807, 2.05) is 0 Å². The number of esters is 1. The Bertz CT molecular complexity index is 433. The fourth-order valence-electron chi connectivity index (χ4n) is 3.24. The van der Waals surface area contributed by atoms with Crippen LogP contribution in [0.25, 0.3) is 0 Å². The van der Waals surface area contributed by atoms with E-state index >= 15 is 0 Å². The van der Waals surface area contributed by atoms with Crippen molar-refractivity contribution in [1.29, 1.82) is 0 Å². The van der Waals surface area contributed by atoms with Crippen molar-refractivity contribution in [2.24, 2.45) is 0 Å². The number of ether oxygens (including phenoxy) is 1. The number of amides is 2. The van der Waals surface area contributed by atoms with Crippen molar-refractivity contribution in [1.82, 2.24) is 4.90 Å². The third-order valence-corrected chi connectivity index (χ3v) is 4.60. The predicted molar refractivity (Wildman–Crippen MR) is 97.9 cm³/mol. The van der Waals surface area contributed by atoms with Crippen LogP contribution < -0.4 is 0 Å². The highest BCUT2D eigenvalue weighted by molar-refractivity contribution is 6.01. The van der Waals surface area contributed by atoms with Crippen molar-refractivity contribution in [3.8, 4) is 0 Å². The molecule has 5 heteroatoms. The van der Waals surface area contributed by atoms with Gasteiger partial charge >= 0.3 is 5.97 Å². The zero-order chi connectivity index (χ0) is 18.7. The van der Waals surface area contributed by atoms with Crippen LogP contribution in [0.4, 0.5) is 0 Å². The van der Waals surface area contributed by atoms with Gasteiger partial charge in [-0.3, -0.25) is 14.5 Å². The van der Waals surface area contributed by atoms with Gasteiger partial charge in [0.2, 0.25) is 11.8 Å². The summed E-state index contributed by atoms with van der Waals surface area (Å²) in [4.78, 5) is 37.6. The number of carbonyl (C=O) groups is 3. The number of rotatable bonds is 12. The van der Waals surface area contributed by atoms with E-state index < -0.39 is 12.0 Å². The van der Waals surface area contributed by atoms with Crippen molar-refractivity contribution < 1.29 is 19.1 Å². The van der Waals surface area contributed by atoms with Crippen molar-refractivity contribution >= 4 is 17.8 Å². The third-order valence-electron chi connectivity index (χ3n) is 4.60. The molecule has 0 radical (unpaired) electrons. The number of hydrogen-bond acceptors (Lipinski definition) is 4. The van der Waals surface area contributed by atoms with Gasteiger partial charge in [0.15, 0.2) is 0 Å². The van der Waals surface area contributed by atoms with E-state index in [0.29, 0.717) is 12.8 Å². The van der Waals surface area contributed by atoms with Gasteiger partial charge in [-0.15, -0.1) is 0 Å². The van der Waals surface area contributed by atoms with Gasteiger partial charge in [-0.05, 0) is 26.7 Å². The number of carbonyl (C=O) groups excluding carboxylic acids is 3. The highest BCUT2D eigenvalue weighted by atomic mass is 16.5. The maximum atomic E-state index is 12.4. The van der Waals surface area contributed by atoms with Crippen LogP contribution in [-0.4, -0.2) is 34.8 Å². The number of unbranched alkanes of at least 4 members (excludes halogenated alkanes) is 8. The topological polar surface area (TPSA) is 63.7 Å². The first-order valence-corrected chi connectivity index (χ1v) is 10.0. The Morgan fingerprint density at radius 1 is 1.04 bits per heavy atom. The Balaban J connectivity index is 2.25. The maximum absolute atomic E-state index is 12.4. The molecule has 0 aromatic rings. The molecule has 1 saturated heterocycles. The molecule has 5 nitrogen and oxygen atoms in total. The van der Waals surface area contributed by atoms with Crippen LogP contribution >= 0.6 is 0 Å². The van der Waals surface area contributed by atoms with Gasteiger partial charge in [0.05, 0.1) is 6.10 Å². The third kappa shape index (κ3) is 8.02. The second-order valence-corrected chi connectivity index (χ2v) is 7.28. The first-order chi connectivity index (χ1) is 12.0. The van der Waals surface area contributed by atoms with Gasteiger partial charge in [-0.2, -0.15) is 0 Å². The van der Waals surface area contributed by atoms with E-state index in [1.165, 1.54) is 38.5 Å². The lowest BCUT2D eigenvalue weighted by atomic mass is 10.1. The summed E-state index contributed by atoms with van der Waals surface area (Å²) in [6.45, 7) is 5.75. The Labute approximate surface area is 152 Å². The highest BCUT2D eigenvalue weighted by Crippen LogP contribution is 2.22. The maximum Gasteiger partial charge on any atom is 0.329 e. The lowest BCUT2D eigenvalue weighted by Gasteiger charge is -2.22. The Morgan fingerprint density at radius 3 is 2.16 bits per heavy atom. The average Bonchev–Trinajstić information content (AvgIpc) is 2.94. The summed E-state index contributed by atoms with van der Waals surface area (Å²) in [5.74, 6) is -0.927. The van der Waals surface area contributed by atoms with Crippen molar-refractivity contribution in [2.75, 3.05) is 0 Å². The normalized spacial score (nSPS) is 17.4. The second-order valence-electron chi connectivity index (χ2n) is 7.28. The summed E-state index contributed by atoms with van der Waals surface area (Å²) in [6, 6.07) is -0.721. The summed E-state index contributed by atoms with van der Waals surface area (Å²) in [5, 5.41) is 0. The molecular formula is C20H35NO4. The van der Waals surface area contributed by atoms with E-state index in [2.05, 4.69) is 6.92 Å². The molecule has 25 heavy (non-hydrogen) atoms. The van der Waals surface area contributed by atoms with E-state index in [9.17, 15) is 14.4 Å². The van der Waals surface area contributed by atoms with Gasteiger partial charge in [0.25, 0.3) is 0 Å². The molecule has 0 spiro atoms. The summed E-state index contributed by atoms with van der Waals surface area (Å²) in [7, 11) is 0. The fraction of sp³-hybridized carbons (Fsp3) is 0.850. The molecule has 0 aliphatic carbocycles. The van der Waals surface area contributed by atoms with Gasteiger partial charge in [-0.25, -0.2) is 4.79 Å². The quantitative estimate of drug-likeness (QED) is 0.386. The molecule has 2 amide bonds. The molecule has 0 saturated carbocycles.